The van der Waals surface area contributed by atoms with Crippen LogP contribution in [0.4, 0.5) is 0 Å². The summed E-state index contributed by atoms with van der Waals surface area (Å²) in [5.41, 5.74) is 0. The molecule has 1 saturated heterocycles. The fourth-order valence-electron chi connectivity index (χ4n) is 3.85. The van der Waals surface area contributed by atoms with Gasteiger partial charge in [0.05, 0.1) is 5.92 Å². The van der Waals surface area contributed by atoms with Crippen molar-refractivity contribution in [2.45, 2.75) is 6.29 Å². The van der Waals surface area contributed by atoms with Crippen molar-refractivity contribution < 1.29 is 14.6 Å². The molecule has 15 heavy (non-hydrogen) atoms. The molecule has 3 heteroatoms. The van der Waals surface area contributed by atoms with Gasteiger partial charge in [0.15, 0.2) is 0 Å². The molecule has 1 heterocycles. The number of esters is 1. The molecule has 3 nitrogen and oxygen atoms in total. The minimum Gasteiger partial charge on any atom is -0.435 e. The quantitative estimate of drug-likeness (QED) is 0.467. The predicted molar refractivity (Wildman–Crippen MR) is 51.3 cm³/mol. The maximum absolute atomic E-state index is 11.6. The molecule has 5 rings (SSSR count). The third-order valence-electron chi connectivity index (χ3n) is 4.56. The van der Waals surface area contributed by atoms with Gasteiger partial charge in [0.25, 0.3) is 0 Å². The molecule has 0 amide bonds. The first kappa shape index (κ1) is 8.11. The molecular weight excluding hydrogens is 192 g/mol. The van der Waals surface area contributed by atoms with E-state index < -0.39 is 6.29 Å². The van der Waals surface area contributed by atoms with Crippen LogP contribution in [0, 0.1) is 35.5 Å². The standard InChI is InChI=1S/C12H12O3/c13-11-9-7-3-4-8(6-2-1-5(6)7)10(9)12(14)15-11/h1-11,13H. The fraction of sp³-hybridized carbons (Fsp3) is 0.583. The predicted octanol–water partition coefficient (Wildman–Crippen LogP) is 0.712. The van der Waals surface area contributed by atoms with Gasteiger partial charge in [-0.3, -0.25) is 4.79 Å². The zero-order valence-electron chi connectivity index (χ0n) is 8.11. The smallest absolute Gasteiger partial charge is 0.312 e. The maximum atomic E-state index is 11.6. The molecule has 0 spiro atoms. The molecule has 2 fully saturated rings. The summed E-state index contributed by atoms with van der Waals surface area (Å²) >= 11 is 0. The maximum Gasteiger partial charge on any atom is 0.312 e. The summed E-state index contributed by atoms with van der Waals surface area (Å²) < 4.78 is 4.96. The zero-order chi connectivity index (χ0) is 10.2. The zero-order valence-corrected chi connectivity index (χ0v) is 8.11. The Kier molecular flexibility index (Phi) is 1.27. The average molecular weight is 204 g/mol. The molecular formula is C12H12O3. The van der Waals surface area contributed by atoms with E-state index in [2.05, 4.69) is 24.3 Å². The topological polar surface area (TPSA) is 46.5 Å². The number of rotatable bonds is 0. The van der Waals surface area contributed by atoms with Crippen molar-refractivity contribution in [1.29, 1.82) is 0 Å². The van der Waals surface area contributed by atoms with Crippen LogP contribution in [0.3, 0.4) is 0 Å². The van der Waals surface area contributed by atoms with Crippen LogP contribution in [-0.2, 0) is 9.53 Å². The van der Waals surface area contributed by atoms with Crippen molar-refractivity contribution in [3.05, 3.63) is 24.3 Å². The second-order valence-corrected chi connectivity index (χ2v) is 5.01. The van der Waals surface area contributed by atoms with Crippen LogP contribution >= 0.6 is 0 Å². The van der Waals surface area contributed by atoms with Crippen molar-refractivity contribution in [2.75, 3.05) is 0 Å². The number of allylic oxidation sites excluding steroid dienone is 4. The van der Waals surface area contributed by atoms with E-state index in [9.17, 15) is 9.90 Å². The lowest BCUT2D eigenvalue weighted by Gasteiger charge is -2.52. The number of aliphatic hydroxyl groups excluding tert-OH is 1. The van der Waals surface area contributed by atoms with Gasteiger partial charge in [-0.05, 0) is 23.7 Å². The summed E-state index contributed by atoms with van der Waals surface area (Å²) in [5.74, 6) is 1.31. The van der Waals surface area contributed by atoms with Crippen LogP contribution in [0.5, 0.6) is 0 Å². The molecule has 4 aliphatic carbocycles. The summed E-state index contributed by atoms with van der Waals surface area (Å²) in [6.45, 7) is 0. The molecule has 7 atom stereocenters. The van der Waals surface area contributed by atoms with Gasteiger partial charge >= 0.3 is 5.97 Å². The first-order valence-corrected chi connectivity index (χ1v) is 5.52. The Bertz CT molecular complexity index is 398. The number of hydrogen-bond acceptors (Lipinski definition) is 3. The molecule has 0 aromatic rings. The number of carbonyl (C=O) groups is 1. The van der Waals surface area contributed by atoms with Gasteiger partial charge in [-0.15, -0.1) is 0 Å². The van der Waals surface area contributed by atoms with E-state index in [-0.39, 0.29) is 23.7 Å². The van der Waals surface area contributed by atoms with Crippen molar-refractivity contribution in [2.24, 2.45) is 35.5 Å². The van der Waals surface area contributed by atoms with Gasteiger partial charge in [0, 0.05) is 5.92 Å². The summed E-state index contributed by atoms with van der Waals surface area (Å²) in [6, 6.07) is 0. The second-order valence-electron chi connectivity index (χ2n) is 5.01. The van der Waals surface area contributed by atoms with Crippen LogP contribution in [0.25, 0.3) is 0 Å². The van der Waals surface area contributed by atoms with Gasteiger partial charge in [-0.1, -0.05) is 24.3 Å². The molecule has 7 unspecified atom stereocenters. The summed E-state index contributed by atoms with van der Waals surface area (Å²) in [7, 11) is 0. The number of ether oxygens (including phenoxy) is 1. The van der Waals surface area contributed by atoms with Gasteiger partial charge in [0.1, 0.15) is 0 Å². The Labute approximate surface area is 87.4 Å². The lowest BCUT2D eigenvalue weighted by Crippen LogP contribution is -2.51. The van der Waals surface area contributed by atoms with E-state index in [1.54, 1.807) is 0 Å². The molecule has 0 radical (unpaired) electrons. The normalized spacial score (nSPS) is 58.5. The first-order chi connectivity index (χ1) is 7.27. The van der Waals surface area contributed by atoms with Crippen LogP contribution in [0.15, 0.2) is 24.3 Å². The van der Waals surface area contributed by atoms with Gasteiger partial charge in [-0.2, -0.15) is 0 Å². The van der Waals surface area contributed by atoms with Gasteiger partial charge in [0.2, 0.25) is 6.29 Å². The first-order valence-electron chi connectivity index (χ1n) is 5.52. The van der Waals surface area contributed by atoms with Crippen LogP contribution in [-0.4, -0.2) is 17.4 Å². The molecule has 5 aliphatic rings. The highest BCUT2D eigenvalue weighted by molar-refractivity contribution is 5.77. The minimum atomic E-state index is -0.880. The Morgan fingerprint density at radius 3 is 2.33 bits per heavy atom. The number of cyclic esters (lactones) is 1. The third kappa shape index (κ3) is 0.762. The lowest BCUT2D eigenvalue weighted by atomic mass is 9.50. The van der Waals surface area contributed by atoms with Crippen molar-refractivity contribution in [3.8, 4) is 0 Å². The highest BCUT2D eigenvalue weighted by Crippen LogP contribution is 2.58. The summed E-state index contributed by atoms with van der Waals surface area (Å²) in [6.07, 6.45) is 7.84. The molecule has 0 aromatic carbocycles. The van der Waals surface area contributed by atoms with Crippen LogP contribution < -0.4 is 0 Å². The van der Waals surface area contributed by atoms with Crippen molar-refractivity contribution >= 4 is 5.97 Å². The summed E-state index contributed by atoms with van der Waals surface area (Å²) in [5, 5.41) is 9.74. The Morgan fingerprint density at radius 1 is 1.00 bits per heavy atom. The Hall–Kier alpha value is -1.09. The van der Waals surface area contributed by atoms with Crippen molar-refractivity contribution in [3.63, 3.8) is 0 Å². The molecule has 1 saturated carbocycles. The van der Waals surface area contributed by atoms with Crippen LogP contribution in [0.2, 0.25) is 0 Å². The van der Waals surface area contributed by atoms with Gasteiger partial charge < -0.3 is 9.84 Å². The number of hydrogen-bond donors (Lipinski definition) is 1. The highest BCUT2D eigenvalue weighted by Gasteiger charge is 2.61. The average Bonchev–Trinajstić information content (AvgIpc) is 2.44. The van der Waals surface area contributed by atoms with Gasteiger partial charge in [-0.25, -0.2) is 0 Å². The lowest BCUT2D eigenvalue weighted by molar-refractivity contribution is -0.157. The highest BCUT2D eigenvalue weighted by atomic mass is 16.6. The Morgan fingerprint density at radius 2 is 1.60 bits per heavy atom. The monoisotopic (exact) mass is 204 g/mol. The van der Waals surface area contributed by atoms with Crippen molar-refractivity contribution in [1.82, 2.24) is 0 Å². The molecule has 78 valence electrons. The van der Waals surface area contributed by atoms with E-state index in [1.165, 1.54) is 0 Å². The van der Waals surface area contributed by atoms with E-state index in [1.807, 2.05) is 0 Å². The van der Waals surface area contributed by atoms with E-state index in [4.69, 9.17) is 4.74 Å². The van der Waals surface area contributed by atoms with E-state index >= 15 is 0 Å². The molecule has 2 bridgehead atoms. The third-order valence-corrected chi connectivity index (χ3v) is 4.56. The minimum absolute atomic E-state index is 0.00120. The van der Waals surface area contributed by atoms with E-state index in [0.29, 0.717) is 17.8 Å². The summed E-state index contributed by atoms with van der Waals surface area (Å²) in [4.78, 5) is 11.6. The largest absolute Gasteiger partial charge is 0.435 e. The fourth-order valence-corrected chi connectivity index (χ4v) is 3.85. The Balaban J connectivity index is 1.84. The number of carbonyl (C=O) groups excluding carboxylic acids is 1. The van der Waals surface area contributed by atoms with Crippen LogP contribution in [0.1, 0.15) is 0 Å². The molecule has 1 N–H and O–H groups in total. The SMILES string of the molecule is O=C1OC(O)C2C3C=CC(C4C=CC43)C12. The molecule has 1 aliphatic heterocycles. The number of aliphatic hydroxyl groups is 1. The second kappa shape index (κ2) is 2.35. The van der Waals surface area contributed by atoms with E-state index in [0.717, 1.165) is 0 Å². The molecule has 0 aromatic heterocycles.